The van der Waals surface area contributed by atoms with Crippen LogP contribution in [0.2, 0.25) is 0 Å². The average molecular weight is 233 g/mol. The molecule has 0 unspecified atom stereocenters. The molecule has 1 aliphatic rings. The minimum absolute atomic E-state index is 0.165. The van der Waals surface area contributed by atoms with Crippen LogP contribution in [0.3, 0.4) is 0 Å². The number of nitrogens with one attached hydrogen (secondary N) is 2. The van der Waals surface area contributed by atoms with Gasteiger partial charge in [-0.3, -0.25) is 4.98 Å². The first kappa shape index (κ1) is 12.4. The maximum Gasteiger partial charge on any atom is 0.0531 e. The Labute approximate surface area is 104 Å². The van der Waals surface area contributed by atoms with E-state index in [9.17, 15) is 0 Å². The van der Waals surface area contributed by atoms with Gasteiger partial charge in [-0.05, 0) is 43.0 Å². The summed E-state index contributed by atoms with van der Waals surface area (Å²) in [5.41, 5.74) is 2.61. The molecule has 0 saturated carbocycles. The van der Waals surface area contributed by atoms with Crippen LogP contribution in [0.5, 0.6) is 0 Å². The van der Waals surface area contributed by atoms with Crippen molar-refractivity contribution in [1.82, 2.24) is 10.3 Å². The minimum Gasteiger partial charge on any atom is -0.381 e. The number of aromatic nitrogens is 1. The molecule has 1 saturated heterocycles. The SMILES string of the molecule is CC(C)(C)c1cncc(NC2CCNCC2)c1. The summed E-state index contributed by atoms with van der Waals surface area (Å²) in [4.78, 5) is 4.34. The Bertz CT molecular complexity index is 362. The third-order valence-corrected chi connectivity index (χ3v) is 3.31. The molecular formula is C14H23N3. The summed E-state index contributed by atoms with van der Waals surface area (Å²) in [7, 11) is 0. The van der Waals surface area contributed by atoms with Crippen LogP contribution in [-0.4, -0.2) is 24.1 Å². The van der Waals surface area contributed by atoms with Crippen molar-refractivity contribution in [3.05, 3.63) is 24.0 Å². The first-order valence-electron chi connectivity index (χ1n) is 6.48. The fourth-order valence-electron chi connectivity index (χ4n) is 2.13. The molecule has 0 aliphatic carbocycles. The number of piperidine rings is 1. The Hall–Kier alpha value is -1.09. The van der Waals surface area contributed by atoms with Crippen molar-refractivity contribution in [2.75, 3.05) is 18.4 Å². The molecule has 2 N–H and O–H groups in total. The highest BCUT2D eigenvalue weighted by atomic mass is 15.0. The topological polar surface area (TPSA) is 37.0 Å². The lowest BCUT2D eigenvalue weighted by atomic mass is 9.88. The van der Waals surface area contributed by atoms with Crippen molar-refractivity contribution in [3.63, 3.8) is 0 Å². The summed E-state index contributed by atoms with van der Waals surface area (Å²) < 4.78 is 0. The molecule has 0 spiro atoms. The average Bonchev–Trinajstić information content (AvgIpc) is 2.29. The zero-order chi connectivity index (χ0) is 12.3. The third-order valence-electron chi connectivity index (χ3n) is 3.31. The van der Waals surface area contributed by atoms with E-state index in [1.165, 1.54) is 18.4 Å². The predicted octanol–water partition coefficient (Wildman–Crippen LogP) is 2.54. The number of hydrogen-bond donors (Lipinski definition) is 2. The normalized spacial score (nSPS) is 18.1. The molecule has 3 nitrogen and oxygen atoms in total. The van der Waals surface area contributed by atoms with Crippen molar-refractivity contribution < 1.29 is 0 Å². The van der Waals surface area contributed by atoms with Gasteiger partial charge >= 0.3 is 0 Å². The van der Waals surface area contributed by atoms with Crippen molar-refractivity contribution >= 4 is 5.69 Å². The fourth-order valence-corrected chi connectivity index (χ4v) is 2.13. The van der Waals surface area contributed by atoms with E-state index >= 15 is 0 Å². The summed E-state index contributed by atoms with van der Waals surface area (Å²) in [5, 5.41) is 6.97. The lowest BCUT2D eigenvalue weighted by Crippen LogP contribution is -2.35. The van der Waals surface area contributed by atoms with E-state index in [-0.39, 0.29) is 5.41 Å². The van der Waals surface area contributed by atoms with Crippen LogP contribution in [0, 0.1) is 0 Å². The molecule has 1 aliphatic heterocycles. The van der Waals surface area contributed by atoms with E-state index in [0.29, 0.717) is 6.04 Å². The third kappa shape index (κ3) is 3.43. The van der Waals surface area contributed by atoms with Gasteiger partial charge in [0.2, 0.25) is 0 Å². The molecule has 0 atom stereocenters. The Morgan fingerprint density at radius 1 is 1.24 bits per heavy atom. The van der Waals surface area contributed by atoms with Gasteiger partial charge in [0.05, 0.1) is 5.69 Å². The summed E-state index contributed by atoms with van der Waals surface area (Å²) in [6.07, 6.45) is 6.28. The van der Waals surface area contributed by atoms with Gasteiger partial charge in [-0.1, -0.05) is 20.8 Å². The van der Waals surface area contributed by atoms with Crippen LogP contribution in [0.1, 0.15) is 39.2 Å². The Morgan fingerprint density at radius 2 is 1.94 bits per heavy atom. The van der Waals surface area contributed by atoms with Gasteiger partial charge < -0.3 is 10.6 Å². The Balaban J connectivity index is 2.05. The summed E-state index contributed by atoms with van der Waals surface area (Å²) in [5.74, 6) is 0. The highest BCUT2D eigenvalue weighted by Crippen LogP contribution is 2.24. The van der Waals surface area contributed by atoms with E-state index in [1.54, 1.807) is 0 Å². The van der Waals surface area contributed by atoms with Gasteiger partial charge in [0.25, 0.3) is 0 Å². The molecule has 17 heavy (non-hydrogen) atoms. The number of hydrogen-bond acceptors (Lipinski definition) is 3. The highest BCUT2D eigenvalue weighted by Gasteiger charge is 2.16. The zero-order valence-corrected chi connectivity index (χ0v) is 11.1. The molecule has 2 heterocycles. The first-order chi connectivity index (χ1) is 8.05. The van der Waals surface area contributed by atoms with Gasteiger partial charge in [-0.2, -0.15) is 0 Å². The molecule has 1 fully saturated rings. The maximum absolute atomic E-state index is 4.34. The maximum atomic E-state index is 4.34. The van der Waals surface area contributed by atoms with Gasteiger partial charge in [0.15, 0.2) is 0 Å². The lowest BCUT2D eigenvalue weighted by Gasteiger charge is -2.25. The van der Waals surface area contributed by atoms with Crippen LogP contribution >= 0.6 is 0 Å². The quantitative estimate of drug-likeness (QED) is 0.824. The molecule has 3 heteroatoms. The second-order valence-electron chi connectivity index (χ2n) is 5.88. The van der Waals surface area contributed by atoms with Crippen molar-refractivity contribution in [1.29, 1.82) is 0 Å². The number of rotatable bonds is 2. The summed E-state index contributed by atoms with van der Waals surface area (Å²) in [6.45, 7) is 8.89. The van der Waals surface area contributed by atoms with Crippen LogP contribution in [0.25, 0.3) is 0 Å². The van der Waals surface area contributed by atoms with Crippen molar-refractivity contribution in [3.8, 4) is 0 Å². The first-order valence-corrected chi connectivity index (χ1v) is 6.48. The molecule has 0 bridgehead atoms. The molecule has 1 aromatic heterocycles. The van der Waals surface area contributed by atoms with E-state index in [1.807, 2.05) is 12.4 Å². The lowest BCUT2D eigenvalue weighted by molar-refractivity contribution is 0.479. The summed E-state index contributed by atoms with van der Waals surface area (Å²) >= 11 is 0. The van der Waals surface area contributed by atoms with E-state index < -0.39 is 0 Å². The molecule has 0 radical (unpaired) electrons. The van der Waals surface area contributed by atoms with Gasteiger partial charge in [0, 0.05) is 18.4 Å². The molecule has 0 amide bonds. The second kappa shape index (κ2) is 5.05. The molecule has 0 aromatic carbocycles. The molecule has 1 aromatic rings. The molecule has 94 valence electrons. The highest BCUT2D eigenvalue weighted by molar-refractivity contribution is 5.45. The van der Waals surface area contributed by atoms with Crippen LogP contribution < -0.4 is 10.6 Å². The van der Waals surface area contributed by atoms with Gasteiger partial charge in [0.1, 0.15) is 0 Å². The fraction of sp³-hybridized carbons (Fsp3) is 0.643. The Kier molecular flexibility index (Phi) is 3.67. The monoisotopic (exact) mass is 233 g/mol. The molecular weight excluding hydrogens is 210 g/mol. The van der Waals surface area contributed by atoms with E-state index in [0.717, 1.165) is 18.8 Å². The van der Waals surface area contributed by atoms with Crippen molar-refractivity contribution in [2.45, 2.75) is 45.1 Å². The standard InChI is InChI=1S/C14H23N3/c1-14(2,3)11-8-13(10-16-9-11)17-12-4-6-15-7-5-12/h8-10,12,15,17H,4-7H2,1-3H3. The van der Waals surface area contributed by atoms with Crippen molar-refractivity contribution in [2.24, 2.45) is 0 Å². The number of pyridine rings is 1. The van der Waals surface area contributed by atoms with Gasteiger partial charge in [-0.15, -0.1) is 0 Å². The number of nitrogens with zero attached hydrogens (tertiary/aromatic N) is 1. The van der Waals surface area contributed by atoms with E-state index in [4.69, 9.17) is 0 Å². The zero-order valence-electron chi connectivity index (χ0n) is 11.1. The Morgan fingerprint density at radius 3 is 2.59 bits per heavy atom. The smallest absolute Gasteiger partial charge is 0.0531 e. The predicted molar refractivity (Wildman–Crippen MR) is 72.5 cm³/mol. The van der Waals surface area contributed by atoms with Crippen LogP contribution in [0.15, 0.2) is 18.5 Å². The second-order valence-corrected chi connectivity index (χ2v) is 5.88. The van der Waals surface area contributed by atoms with Crippen LogP contribution in [0.4, 0.5) is 5.69 Å². The van der Waals surface area contributed by atoms with E-state index in [2.05, 4.69) is 42.5 Å². The number of anilines is 1. The summed E-state index contributed by atoms with van der Waals surface area (Å²) in [6, 6.07) is 2.82. The largest absolute Gasteiger partial charge is 0.381 e. The van der Waals surface area contributed by atoms with Crippen LogP contribution in [-0.2, 0) is 5.41 Å². The molecule has 2 rings (SSSR count). The minimum atomic E-state index is 0.165. The van der Waals surface area contributed by atoms with Gasteiger partial charge in [-0.25, -0.2) is 0 Å².